The molecule has 0 unspecified atom stereocenters. The molecule has 3 aromatic rings. The van der Waals surface area contributed by atoms with Gasteiger partial charge in [-0.1, -0.05) is 25.5 Å². The summed E-state index contributed by atoms with van der Waals surface area (Å²) in [7, 11) is 0. The Morgan fingerprint density at radius 3 is 2.47 bits per heavy atom. The molecule has 0 atom stereocenters. The fourth-order valence-corrected chi connectivity index (χ4v) is 5.12. The average molecular weight is 533 g/mol. The molecule has 0 radical (unpaired) electrons. The van der Waals surface area contributed by atoms with Crippen LogP contribution in [0.3, 0.4) is 0 Å². The molecule has 2 heterocycles. The van der Waals surface area contributed by atoms with Crippen molar-refractivity contribution in [3.8, 4) is 11.4 Å². The number of esters is 1. The van der Waals surface area contributed by atoms with Gasteiger partial charge in [0.05, 0.1) is 23.6 Å². The van der Waals surface area contributed by atoms with Crippen LogP contribution in [0.5, 0.6) is 5.75 Å². The topological polar surface area (TPSA) is 77.8 Å². The number of aromatic nitrogens is 1. The molecular formula is C30H32N2O5S. The summed E-state index contributed by atoms with van der Waals surface area (Å²) in [6.07, 6.45) is 3.58. The van der Waals surface area contributed by atoms with Gasteiger partial charge in [-0.3, -0.25) is 14.5 Å². The Balaban J connectivity index is 1.45. The van der Waals surface area contributed by atoms with Gasteiger partial charge in [-0.15, -0.1) is 0 Å². The van der Waals surface area contributed by atoms with Crippen LogP contribution in [0.2, 0.25) is 0 Å². The minimum Gasteiger partial charge on any atom is -0.492 e. The lowest BCUT2D eigenvalue weighted by Gasteiger charge is -2.13. The Labute approximate surface area is 227 Å². The molecule has 1 fully saturated rings. The molecule has 198 valence electrons. The molecule has 0 saturated carbocycles. The lowest BCUT2D eigenvalue weighted by molar-refractivity contribution is -0.123. The fraction of sp³-hybridized carbons (Fsp3) is 0.300. The second-order valence-electron chi connectivity index (χ2n) is 9.20. The van der Waals surface area contributed by atoms with Gasteiger partial charge in [0.1, 0.15) is 12.4 Å². The van der Waals surface area contributed by atoms with E-state index in [1.54, 1.807) is 18.2 Å². The van der Waals surface area contributed by atoms with Crippen molar-refractivity contribution in [1.82, 2.24) is 9.47 Å². The number of ether oxygens (including phenoxy) is 2. The number of imide groups is 1. The van der Waals surface area contributed by atoms with Crippen molar-refractivity contribution in [1.29, 1.82) is 0 Å². The van der Waals surface area contributed by atoms with E-state index in [2.05, 4.69) is 4.57 Å². The monoisotopic (exact) mass is 532 g/mol. The molecule has 0 bridgehead atoms. The van der Waals surface area contributed by atoms with Gasteiger partial charge in [-0.25, -0.2) is 4.79 Å². The maximum Gasteiger partial charge on any atom is 0.338 e. The van der Waals surface area contributed by atoms with E-state index in [1.165, 1.54) is 4.90 Å². The van der Waals surface area contributed by atoms with Gasteiger partial charge < -0.3 is 14.0 Å². The summed E-state index contributed by atoms with van der Waals surface area (Å²) < 4.78 is 13.1. The van der Waals surface area contributed by atoms with Gasteiger partial charge in [-0.2, -0.15) is 0 Å². The Bertz CT molecular complexity index is 1370. The van der Waals surface area contributed by atoms with Crippen molar-refractivity contribution in [2.24, 2.45) is 0 Å². The molecule has 1 aliphatic rings. The summed E-state index contributed by atoms with van der Waals surface area (Å²) in [5.74, 6) is 0.0663. The number of carbonyl (C=O) groups excluding carboxylic acids is 3. The molecular weight excluding hydrogens is 500 g/mol. The number of rotatable bonds is 10. The van der Waals surface area contributed by atoms with Crippen molar-refractivity contribution in [3.05, 3.63) is 87.6 Å². The first-order valence-corrected chi connectivity index (χ1v) is 13.5. The predicted octanol–water partition coefficient (Wildman–Crippen LogP) is 6.47. The molecule has 2 amide bonds. The maximum atomic E-state index is 13.0. The van der Waals surface area contributed by atoms with Crippen molar-refractivity contribution in [2.75, 3.05) is 19.8 Å². The number of hydrogen-bond acceptors (Lipinski definition) is 6. The maximum absolute atomic E-state index is 13.0. The molecule has 1 aromatic heterocycles. The number of amides is 2. The van der Waals surface area contributed by atoms with E-state index in [0.717, 1.165) is 52.8 Å². The second kappa shape index (κ2) is 12.2. The third kappa shape index (κ3) is 6.19. The van der Waals surface area contributed by atoms with Gasteiger partial charge >= 0.3 is 5.97 Å². The van der Waals surface area contributed by atoms with E-state index in [0.29, 0.717) is 22.8 Å². The molecule has 0 aliphatic carbocycles. The number of aryl methyl sites for hydroxylation is 2. The Kier molecular flexibility index (Phi) is 8.73. The van der Waals surface area contributed by atoms with Crippen molar-refractivity contribution in [3.63, 3.8) is 0 Å². The molecule has 4 rings (SSSR count). The number of hydrogen-bond donors (Lipinski definition) is 0. The summed E-state index contributed by atoms with van der Waals surface area (Å²) in [6, 6.07) is 16.9. The third-order valence-corrected chi connectivity index (χ3v) is 7.20. The first kappa shape index (κ1) is 27.3. The van der Waals surface area contributed by atoms with E-state index in [-0.39, 0.29) is 30.3 Å². The van der Waals surface area contributed by atoms with Crippen LogP contribution in [-0.2, 0) is 9.53 Å². The number of carbonyl (C=O) groups is 3. The highest BCUT2D eigenvalue weighted by Gasteiger charge is 2.35. The van der Waals surface area contributed by atoms with E-state index in [4.69, 9.17) is 9.47 Å². The standard InChI is InChI=1S/C30H32N2O5S/c1-5-6-15-37-29(34)23-10-12-25(13-11-23)32-21(3)18-24(22(32)4)19-27-28(33)31(30(35)38-27)14-16-36-26-9-7-8-20(2)17-26/h7-13,17-19H,5-6,14-16H2,1-4H3/b27-19-. The molecule has 38 heavy (non-hydrogen) atoms. The highest BCUT2D eigenvalue weighted by atomic mass is 32.2. The largest absolute Gasteiger partial charge is 0.492 e. The van der Waals surface area contributed by atoms with Crippen molar-refractivity contribution in [2.45, 2.75) is 40.5 Å². The second-order valence-corrected chi connectivity index (χ2v) is 10.2. The number of benzene rings is 2. The molecule has 1 aliphatic heterocycles. The zero-order chi connectivity index (χ0) is 27.2. The van der Waals surface area contributed by atoms with Crippen LogP contribution in [0.1, 0.15) is 52.6 Å². The molecule has 0 N–H and O–H groups in total. The third-order valence-electron chi connectivity index (χ3n) is 6.30. The van der Waals surface area contributed by atoms with Gasteiger partial charge in [0.15, 0.2) is 0 Å². The van der Waals surface area contributed by atoms with E-state index >= 15 is 0 Å². The number of unbranched alkanes of at least 4 members (excludes halogenated alkanes) is 1. The van der Waals surface area contributed by atoms with Gasteiger partial charge in [0, 0.05) is 17.1 Å². The smallest absolute Gasteiger partial charge is 0.338 e. The lowest BCUT2D eigenvalue weighted by atomic mass is 10.2. The van der Waals surface area contributed by atoms with Gasteiger partial charge in [0.25, 0.3) is 11.1 Å². The van der Waals surface area contributed by atoms with Crippen LogP contribution in [0.4, 0.5) is 4.79 Å². The van der Waals surface area contributed by atoms with E-state index in [1.807, 2.05) is 70.2 Å². The minimum absolute atomic E-state index is 0.183. The summed E-state index contributed by atoms with van der Waals surface area (Å²) in [5.41, 5.74) is 5.23. The Hall–Kier alpha value is -3.78. The van der Waals surface area contributed by atoms with Crippen LogP contribution in [0.25, 0.3) is 11.8 Å². The quantitative estimate of drug-likeness (QED) is 0.169. The Morgan fingerprint density at radius 2 is 1.76 bits per heavy atom. The van der Waals surface area contributed by atoms with Crippen LogP contribution in [-0.4, -0.2) is 46.3 Å². The van der Waals surface area contributed by atoms with E-state index < -0.39 is 0 Å². The molecule has 7 nitrogen and oxygen atoms in total. The van der Waals surface area contributed by atoms with E-state index in [9.17, 15) is 14.4 Å². The fourth-order valence-electron chi connectivity index (χ4n) is 4.26. The zero-order valence-electron chi connectivity index (χ0n) is 22.2. The minimum atomic E-state index is -0.327. The highest BCUT2D eigenvalue weighted by molar-refractivity contribution is 8.18. The number of thioether (sulfide) groups is 1. The van der Waals surface area contributed by atoms with Crippen LogP contribution < -0.4 is 4.74 Å². The predicted molar refractivity (Wildman–Crippen MR) is 150 cm³/mol. The first-order valence-electron chi connectivity index (χ1n) is 12.7. The van der Waals surface area contributed by atoms with Gasteiger partial charge in [-0.05, 0) is 98.6 Å². The summed E-state index contributed by atoms with van der Waals surface area (Å²) in [5, 5.41) is -0.302. The number of nitrogens with zero attached hydrogens (tertiary/aromatic N) is 2. The van der Waals surface area contributed by atoms with Crippen LogP contribution in [0, 0.1) is 20.8 Å². The first-order chi connectivity index (χ1) is 18.3. The SMILES string of the molecule is CCCCOC(=O)c1ccc(-n2c(C)cc(/C=C3\SC(=O)N(CCOc4cccc(C)c4)C3=O)c2C)cc1. The van der Waals surface area contributed by atoms with Crippen LogP contribution >= 0.6 is 11.8 Å². The van der Waals surface area contributed by atoms with Crippen LogP contribution in [0.15, 0.2) is 59.5 Å². The molecule has 8 heteroatoms. The highest BCUT2D eigenvalue weighted by Crippen LogP contribution is 2.33. The van der Waals surface area contributed by atoms with Crippen molar-refractivity contribution >= 4 is 35.0 Å². The molecule has 0 spiro atoms. The Morgan fingerprint density at radius 1 is 1.00 bits per heavy atom. The van der Waals surface area contributed by atoms with Crippen molar-refractivity contribution < 1.29 is 23.9 Å². The lowest BCUT2D eigenvalue weighted by Crippen LogP contribution is -2.32. The molecule has 2 aromatic carbocycles. The zero-order valence-corrected chi connectivity index (χ0v) is 23.0. The summed E-state index contributed by atoms with van der Waals surface area (Å²) >= 11 is 0.940. The normalized spacial score (nSPS) is 14.4. The van der Waals surface area contributed by atoms with Gasteiger partial charge in [0.2, 0.25) is 0 Å². The average Bonchev–Trinajstić information content (AvgIpc) is 3.32. The molecule has 1 saturated heterocycles. The summed E-state index contributed by atoms with van der Waals surface area (Å²) in [4.78, 5) is 39.4. The summed E-state index contributed by atoms with van der Waals surface area (Å²) in [6.45, 7) is 8.80.